The molecule has 0 spiro atoms. The molecular weight excluding hydrogens is 570 g/mol. The van der Waals surface area contributed by atoms with Gasteiger partial charge in [-0.15, -0.1) is 0 Å². The van der Waals surface area contributed by atoms with E-state index in [1.165, 1.54) is 7.11 Å². The average molecular weight is 614 g/mol. The summed E-state index contributed by atoms with van der Waals surface area (Å²) >= 11 is 0. The van der Waals surface area contributed by atoms with E-state index in [0.29, 0.717) is 63.6 Å². The number of aryl methyl sites for hydroxylation is 2. The molecule has 2 N–H and O–H groups in total. The number of nitrogens with two attached hydrogens (primary N) is 1. The van der Waals surface area contributed by atoms with Crippen LogP contribution in [-0.2, 0) is 33.8 Å². The highest BCUT2D eigenvalue weighted by atomic mass is 16.5. The number of unbranched alkanes of at least 4 members (excludes halogenated alkanes) is 1. The third-order valence-electron chi connectivity index (χ3n) is 8.50. The van der Waals surface area contributed by atoms with Gasteiger partial charge in [-0.25, -0.2) is 14.8 Å². The first-order chi connectivity index (χ1) is 21.8. The van der Waals surface area contributed by atoms with Gasteiger partial charge < -0.3 is 24.8 Å². The van der Waals surface area contributed by atoms with Gasteiger partial charge in [-0.1, -0.05) is 43.7 Å². The number of hydrogen-bond donors (Lipinski definition) is 1. The maximum absolute atomic E-state index is 13.8. The normalized spacial score (nSPS) is 13.8. The third kappa shape index (κ3) is 7.42. The van der Waals surface area contributed by atoms with Crippen LogP contribution in [-0.4, -0.2) is 93.4 Å². The number of hydrogen-bond acceptors (Lipinski definition) is 8. The molecule has 0 radical (unpaired) electrons. The molecule has 0 bridgehead atoms. The van der Waals surface area contributed by atoms with Gasteiger partial charge in [-0.2, -0.15) is 0 Å². The van der Waals surface area contributed by atoms with Crippen LogP contribution in [0.15, 0.2) is 48.5 Å². The third-order valence-corrected chi connectivity index (χ3v) is 8.50. The minimum absolute atomic E-state index is 0.00957. The van der Waals surface area contributed by atoms with E-state index >= 15 is 0 Å². The fourth-order valence-electron chi connectivity index (χ4n) is 6.03. The highest BCUT2D eigenvalue weighted by molar-refractivity contribution is 6.06. The molecule has 2 amide bonds. The number of nitrogen functional groups attached to an aromatic ring is 1. The highest BCUT2D eigenvalue weighted by Gasteiger charge is 2.24. The molecule has 0 saturated carbocycles. The zero-order valence-corrected chi connectivity index (χ0v) is 26.5. The molecule has 2 aromatic heterocycles. The average Bonchev–Trinajstić information content (AvgIpc) is 3.42. The monoisotopic (exact) mass is 613 g/mol. The Bertz CT molecular complexity index is 1680. The van der Waals surface area contributed by atoms with Crippen LogP contribution in [0.2, 0.25) is 0 Å². The smallest absolute Gasteiger partial charge is 0.337 e. The number of ether oxygens (including phenoxy) is 1. The largest absolute Gasteiger partial charge is 0.465 e. The van der Waals surface area contributed by atoms with Crippen LogP contribution in [0.4, 0.5) is 5.82 Å². The van der Waals surface area contributed by atoms with Crippen molar-refractivity contribution in [1.29, 1.82) is 0 Å². The molecule has 0 atom stereocenters. The lowest BCUT2D eigenvalue weighted by Crippen LogP contribution is -2.51. The second-order valence-electron chi connectivity index (χ2n) is 11.6. The van der Waals surface area contributed by atoms with Crippen molar-refractivity contribution in [3.63, 3.8) is 0 Å². The maximum Gasteiger partial charge on any atom is 0.337 e. The number of methoxy groups -OCH3 is 1. The maximum atomic E-state index is 13.8. The minimum Gasteiger partial charge on any atom is -0.465 e. The summed E-state index contributed by atoms with van der Waals surface area (Å²) in [7, 11) is 1.36. The van der Waals surface area contributed by atoms with E-state index in [-0.39, 0.29) is 18.4 Å². The Labute approximate surface area is 263 Å². The van der Waals surface area contributed by atoms with Crippen LogP contribution in [0.1, 0.15) is 54.9 Å². The van der Waals surface area contributed by atoms with E-state index in [4.69, 9.17) is 15.5 Å². The number of rotatable bonds is 12. The van der Waals surface area contributed by atoms with Gasteiger partial charge in [0, 0.05) is 64.5 Å². The summed E-state index contributed by atoms with van der Waals surface area (Å²) in [4.78, 5) is 53.1. The quantitative estimate of drug-likeness (QED) is 0.239. The molecule has 238 valence electrons. The van der Waals surface area contributed by atoms with Crippen molar-refractivity contribution >= 4 is 45.5 Å². The summed E-state index contributed by atoms with van der Waals surface area (Å²) in [6, 6.07) is 15.2. The summed E-state index contributed by atoms with van der Waals surface area (Å²) in [5, 5.41) is 1.01. The van der Waals surface area contributed by atoms with Crippen molar-refractivity contribution in [2.45, 2.75) is 52.6 Å². The Hall–Kier alpha value is -4.51. The van der Waals surface area contributed by atoms with Crippen molar-refractivity contribution in [1.82, 2.24) is 29.2 Å². The van der Waals surface area contributed by atoms with E-state index in [0.717, 1.165) is 52.6 Å². The van der Waals surface area contributed by atoms with Crippen molar-refractivity contribution in [2.75, 3.05) is 52.1 Å². The van der Waals surface area contributed by atoms with Gasteiger partial charge in [0.05, 0.1) is 30.3 Å². The molecule has 45 heavy (non-hydrogen) atoms. The van der Waals surface area contributed by atoms with Crippen molar-refractivity contribution in [3.05, 3.63) is 65.5 Å². The first-order valence-corrected chi connectivity index (χ1v) is 15.7. The van der Waals surface area contributed by atoms with Gasteiger partial charge in [-0.3, -0.25) is 14.5 Å². The number of pyridine rings is 1. The number of fused-ring (bicyclic) bond motifs is 3. The predicted molar refractivity (Wildman–Crippen MR) is 175 cm³/mol. The number of carbonyl (C=O) groups excluding carboxylic acids is 3. The predicted octanol–water partition coefficient (Wildman–Crippen LogP) is 3.88. The molecule has 3 heterocycles. The number of esters is 1. The first kappa shape index (κ1) is 31.9. The van der Waals surface area contributed by atoms with Crippen LogP contribution in [0, 0.1) is 0 Å². The Morgan fingerprint density at radius 3 is 2.51 bits per heavy atom. The number of amides is 2. The van der Waals surface area contributed by atoms with E-state index in [1.54, 1.807) is 19.1 Å². The molecule has 11 heteroatoms. The summed E-state index contributed by atoms with van der Waals surface area (Å²) in [5.41, 5.74) is 10.2. The number of benzene rings is 2. The summed E-state index contributed by atoms with van der Waals surface area (Å²) in [5.74, 6) is 1.06. The lowest BCUT2D eigenvalue weighted by atomic mass is 10.1. The van der Waals surface area contributed by atoms with Crippen LogP contribution in [0.3, 0.4) is 0 Å². The molecule has 1 aliphatic heterocycles. The SMILES string of the molecule is CCCCc1nc2c(N)nc3ccccc3c2n1CCCN(Cc1cccc(C(=O)OC)c1)C(=O)CN1CCN(C(C)=O)CC1. The summed E-state index contributed by atoms with van der Waals surface area (Å²) in [6.07, 6.45) is 3.58. The number of carbonyl (C=O) groups is 3. The molecule has 2 aromatic carbocycles. The Balaban J connectivity index is 1.38. The number of piperazine rings is 1. The number of para-hydroxylation sites is 1. The van der Waals surface area contributed by atoms with Gasteiger partial charge in [0.25, 0.3) is 0 Å². The minimum atomic E-state index is -0.411. The molecule has 0 aliphatic carbocycles. The van der Waals surface area contributed by atoms with Gasteiger partial charge in [-0.05, 0) is 36.6 Å². The Morgan fingerprint density at radius 2 is 1.78 bits per heavy atom. The van der Waals surface area contributed by atoms with E-state index < -0.39 is 5.97 Å². The van der Waals surface area contributed by atoms with E-state index in [2.05, 4.69) is 27.4 Å². The molecule has 1 aliphatic rings. The van der Waals surface area contributed by atoms with Crippen molar-refractivity contribution in [3.8, 4) is 0 Å². The number of nitrogens with zero attached hydrogens (tertiary/aromatic N) is 6. The summed E-state index contributed by atoms with van der Waals surface area (Å²) < 4.78 is 7.17. The van der Waals surface area contributed by atoms with Crippen LogP contribution in [0.5, 0.6) is 0 Å². The second-order valence-corrected chi connectivity index (χ2v) is 11.6. The first-order valence-electron chi connectivity index (χ1n) is 15.7. The fourth-order valence-corrected chi connectivity index (χ4v) is 6.03. The molecule has 1 saturated heterocycles. The zero-order valence-electron chi connectivity index (χ0n) is 26.5. The van der Waals surface area contributed by atoms with Gasteiger partial charge in [0.15, 0.2) is 5.82 Å². The van der Waals surface area contributed by atoms with Crippen molar-refractivity contribution in [2.24, 2.45) is 0 Å². The number of anilines is 1. The molecule has 11 nitrogen and oxygen atoms in total. The topological polar surface area (TPSA) is 127 Å². The lowest BCUT2D eigenvalue weighted by Gasteiger charge is -2.35. The van der Waals surface area contributed by atoms with Crippen LogP contribution < -0.4 is 5.73 Å². The number of imidazole rings is 1. The second kappa shape index (κ2) is 14.5. The fraction of sp³-hybridized carbons (Fsp3) is 0.441. The molecule has 4 aromatic rings. The lowest BCUT2D eigenvalue weighted by molar-refractivity contribution is -0.134. The summed E-state index contributed by atoms with van der Waals surface area (Å²) in [6.45, 7) is 8.09. The van der Waals surface area contributed by atoms with Gasteiger partial charge >= 0.3 is 5.97 Å². The Morgan fingerprint density at radius 1 is 1.00 bits per heavy atom. The molecule has 5 rings (SSSR count). The standard InChI is InChI=1S/C34H43N7O4/c1-4-5-14-29-37-31-32(27-12-6-7-13-28(27)36-33(31)35)41(29)16-9-15-40(22-25-10-8-11-26(21-25)34(44)45-3)30(43)23-38-17-19-39(20-18-38)24(2)42/h6-8,10-13,21H,4-5,9,14-20,22-23H2,1-3H3,(H2,35,36). The van der Waals surface area contributed by atoms with E-state index in [9.17, 15) is 14.4 Å². The molecular formula is C34H43N7O4. The number of aromatic nitrogens is 3. The molecule has 1 fully saturated rings. The van der Waals surface area contributed by atoms with Crippen LogP contribution in [0.25, 0.3) is 21.9 Å². The van der Waals surface area contributed by atoms with Gasteiger partial charge in [0.2, 0.25) is 11.8 Å². The van der Waals surface area contributed by atoms with Gasteiger partial charge in [0.1, 0.15) is 11.3 Å². The Kier molecular flexibility index (Phi) is 10.3. The highest BCUT2D eigenvalue weighted by Crippen LogP contribution is 2.29. The van der Waals surface area contributed by atoms with Crippen molar-refractivity contribution < 1.29 is 19.1 Å². The molecule has 0 unspecified atom stereocenters. The van der Waals surface area contributed by atoms with E-state index in [1.807, 2.05) is 40.1 Å². The zero-order chi connectivity index (χ0) is 31.9. The van der Waals surface area contributed by atoms with Crippen LogP contribution >= 0.6 is 0 Å².